The molecule has 18 aliphatic carbocycles. The zero-order valence-electron chi connectivity index (χ0n) is 76.0. The third-order valence-electron chi connectivity index (χ3n) is 39.9. The van der Waals surface area contributed by atoms with Gasteiger partial charge in [0.05, 0.1) is 31.0 Å². The fraction of sp³-hybridized carbons (Fsp3) is 0.952. The molecule has 34 atom stereocenters. The second-order valence-corrected chi connectivity index (χ2v) is 45.7. The molecule has 0 saturated heterocycles. The summed E-state index contributed by atoms with van der Waals surface area (Å²) in [4.78, 5) is 63.0. The number of fused-ring (bicyclic) bond motifs is 22. The van der Waals surface area contributed by atoms with Gasteiger partial charge in [-0.2, -0.15) is 0 Å². The van der Waals surface area contributed by atoms with Gasteiger partial charge in [0.2, 0.25) is 0 Å². The van der Waals surface area contributed by atoms with Crippen molar-refractivity contribution >= 4 is 29.8 Å². The standard InChI is InChI=1S/C29H48O3.C26H42O4.C26H42O3.C23H38O2/c1-4-19-14-20(5-2)27-24-16-21(26(19)27)15-22(24)17-28(3,31)18-25(30)32-29(12-8-9-13-29)23-10-6-7-11-23;1-5-17-12-18(6-2)25-21-14-19(24(17)25)13-20(21)22(29-16(4)27)15-23(28)30-26(7-3)10-8-9-11-26;1-4-16-9-17(5-2)25-22-12-19(24(16)25)10-18(22)11-21(27)13-23(28)29-26(3)14-15-6-7-20(26)8-15;1-4-15-12-16(5-2)22-19-14-18(21(15)22)13-17(19)8-9-20(24)25-23(3)10-6-7-11-23/h19-24,26-27,31H,4-18H2,1-3H3;17-22,24-25H,5-15H2,1-4H3;15-22,24-25,27H,4-14H2,1-3H3;15-19,21-22H,4-14H2,1-3H3. The molecule has 12 nitrogen and oxygen atoms in total. The van der Waals surface area contributed by atoms with E-state index in [-0.39, 0.29) is 77.6 Å². The van der Waals surface area contributed by atoms with Crippen molar-refractivity contribution in [3.63, 3.8) is 0 Å². The Labute approximate surface area is 705 Å². The summed E-state index contributed by atoms with van der Waals surface area (Å²) in [5.74, 6) is 24.9. The number of rotatable bonds is 29. The normalized spacial score (nSPS) is 44.2. The van der Waals surface area contributed by atoms with Crippen LogP contribution in [0.25, 0.3) is 0 Å². The fourth-order valence-electron chi connectivity index (χ4n) is 35.5. The van der Waals surface area contributed by atoms with Gasteiger partial charge >= 0.3 is 29.8 Å². The van der Waals surface area contributed by atoms with Gasteiger partial charge < -0.3 is 33.9 Å². The monoisotopic (exact) mass is 1610 g/mol. The molecule has 18 saturated carbocycles. The van der Waals surface area contributed by atoms with Crippen LogP contribution in [0.3, 0.4) is 0 Å². The van der Waals surface area contributed by atoms with Crippen LogP contribution in [0.2, 0.25) is 0 Å². The molecular formula is C104H170O12. The van der Waals surface area contributed by atoms with E-state index < -0.39 is 11.7 Å². The zero-order chi connectivity index (χ0) is 81.9. The second-order valence-electron chi connectivity index (χ2n) is 45.7. The van der Waals surface area contributed by atoms with Crippen LogP contribution < -0.4 is 0 Å². The van der Waals surface area contributed by atoms with Crippen molar-refractivity contribution in [3.8, 4) is 0 Å². The predicted octanol–water partition coefficient (Wildman–Crippen LogP) is 24.4. The number of esters is 5. The highest BCUT2D eigenvalue weighted by Gasteiger charge is 2.65. The van der Waals surface area contributed by atoms with E-state index in [0.717, 1.165) is 238 Å². The molecule has 116 heavy (non-hydrogen) atoms. The average Bonchev–Trinajstić information content (AvgIpc) is 1.60. The lowest BCUT2D eigenvalue weighted by Gasteiger charge is -2.39. The van der Waals surface area contributed by atoms with Gasteiger partial charge in [-0.15, -0.1) is 0 Å². The quantitative estimate of drug-likeness (QED) is 0.0537. The minimum atomic E-state index is -0.929. The summed E-state index contributed by atoms with van der Waals surface area (Å²) < 4.78 is 30.0. The van der Waals surface area contributed by atoms with Crippen molar-refractivity contribution < 1.29 is 57.9 Å². The van der Waals surface area contributed by atoms with Crippen molar-refractivity contribution in [2.75, 3.05) is 0 Å². The number of ether oxygens (including phenoxy) is 5. The smallest absolute Gasteiger partial charge is 0.310 e. The Balaban J connectivity index is 0.000000122. The number of aliphatic hydroxyl groups excluding tert-OH is 1. The third kappa shape index (κ3) is 17.9. The largest absolute Gasteiger partial charge is 0.462 e. The van der Waals surface area contributed by atoms with Crippen LogP contribution in [-0.4, -0.2) is 80.3 Å². The summed E-state index contributed by atoms with van der Waals surface area (Å²) in [5.41, 5.74) is -1.82. The van der Waals surface area contributed by atoms with Crippen LogP contribution in [0.4, 0.5) is 0 Å². The van der Waals surface area contributed by atoms with Crippen molar-refractivity contribution in [2.45, 2.75) is 438 Å². The molecule has 12 heteroatoms. The average molecular weight is 1610 g/mol. The minimum absolute atomic E-state index is 0.0774. The SMILES string of the molecule is CCC1CC(CC)C2C3CC(CC3C(CC(=O)OC3(CC)CCCC3)OC(C)=O)C12.CCC1CC(CC)C2C3CC(CC3CC(C)(O)CC(=O)OC3(C4CCCC4)CCCC3)C12.CCC1CC(CC)C2C3CC(CC3CC(O)CC(=O)OC3(C)CC4CCC3C4)C12.CCC1CC(CC)C2C3CC(CC3CCC(=O)OC3(C)CCCC3)C12. The molecule has 10 bridgehead atoms. The van der Waals surface area contributed by atoms with E-state index in [1.54, 1.807) is 0 Å². The second kappa shape index (κ2) is 36.8. The van der Waals surface area contributed by atoms with Crippen LogP contribution in [0, 0.1) is 183 Å². The van der Waals surface area contributed by atoms with Crippen molar-refractivity contribution in [1.29, 1.82) is 0 Å². The lowest BCUT2D eigenvalue weighted by molar-refractivity contribution is -0.172. The third-order valence-corrected chi connectivity index (χ3v) is 39.9. The van der Waals surface area contributed by atoms with Crippen molar-refractivity contribution in [2.24, 2.45) is 183 Å². The maximum atomic E-state index is 13.1. The van der Waals surface area contributed by atoms with E-state index in [4.69, 9.17) is 23.7 Å². The van der Waals surface area contributed by atoms with Gasteiger partial charge in [-0.3, -0.25) is 24.0 Å². The van der Waals surface area contributed by atoms with Gasteiger partial charge in [-0.25, -0.2) is 0 Å². The molecule has 34 unspecified atom stereocenters. The maximum Gasteiger partial charge on any atom is 0.310 e. The number of carbonyl (C=O) groups is 5. The summed E-state index contributed by atoms with van der Waals surface area (Å²) in [6.07, 6.45) is 54.1. The Morgan fingerprint density at radius 2 is 0.871 bits per heavy atom. The molecular weight excluding hydrogens is 1440 g/mol. The molecule has 0 aliphatic heterocycles. The van der Waals surface area contributed by atoms with Crippen LogP contribution >= 0.6 is 0 Å². The first kappa shape index (κ1) is 88.1. The van der Waals surface area contributed by atoms with Gasteiger partial charge in [0.25, 0.3) is 0 Å². The van der Waals surface area contributed by atoms with Gasteiger partial charge in [0, 0.05) is 13.3 Å². The summed E-state index contributed by atoms with van der Waals surface area (Å²) in [6.45, 7) is 28.8. The van der Waals surface area contributed by atoms with Crippen LogP contribution in [0.5, 0.6) is 0 Å². The van der Waals surface area contributed by atoms with Crippen LogP contribution in [0.1, 0.15) is 398 Å². The molecule has 0 heterocycles. The topological polar surface area (TPSA) is 172 Å². The molecule has 0 spiro atoms. The number of hydrogen-bond acceptors (Lipinski definition) is 12. The van der Waals surface area contributed by atoms with Crippen LogP contribution in [0.15, 0.2) is 0 Å². The van der Waals surface area contributed by atoms with E-state index in [2.05, 4.69) is 76.2 Å². The predicted molar refractivity (Wildman–Crippen MR) is 460 cm³/mol. The van der Waals surface area contributed by atoms with E-state index >= 15 is 0 Å². The highest BCUT2D eigenvalue weighted by molar-refractivity contribution is 5.73. The first-order chi connectivity index (χ1) is 55.7. The van der Waals surface area contributed by atoms with Gasteiger partial charge in [-0.1, -0.05) is 127 Å². The first-order valence-corrected chi connectivity index (χ1v) is 51.2. The van der Waals surface area contributed by atoms with E-state index in [0.29, 0.717) is 41.9 Å². The van der Waals surface area contributed by atoms with E-state index in [1.165, 1.54) is 200 Å². The number of carbonyl (C=O) groups excluding carboxylic acids is 5. The lowest BCUT2D eigenvalue weighted by atomic mass is 9.68. The van der Waals surface area contributed by atoms with E-state index in [1.807, 2.05) is 6.92 Å². The van der Waals surface area contributed by atoms with Crippen molar-refractivity contribution in [3.05, 3.63) is 0 Å². The summed E-state index contributed by atoms with van der Waals surface area (Å²) in [7, 11) is 0. The van der Waals surface area contributed by atoms with Crippen molar-refractivity contribution in [1.82, 2.24) is 0 Å². The fourth-order valence-corrected chi connectivity index (χ4v) is 35.5. The zero-order valence-corrected chi connectivity index (χ0v) is 76.0. The Hall–Kier alpha value is -2.73. The summed E-state index contributed by atoms with van der Waals surface area (Å²) >= 11 is 0. The molecule has 18 aliphatic rings. The molecule has 2 N–H and O–H groups in total. The van der Waals surface area contributed by atoms with Gasteiger partial charge in [-0.05, 0) is 423 Å². The number of aliphatic hydroxyl groups is 2. The highest BCUT2D eigenvalue weighted by Crippen LogP contribution is 2.71. The van der Waals surface area contributed by atoms with Crippen LogP contribution in [-0.2, 0) is 47.7 Å². The Morgan fingerprint density at radius 3 is 1.36 bits per heavy atom. The maximum absolute atomic E-state index is 13.1. The van der Waals surface area contributed by atoms with Gasteiger partial charge in [0.1, 0.15) is 28.5 Å². The summed E-state index contributed by atoms with van der Waals surface area (Å²) in [5, 5.41) is 22.1. The Morgan fingerprint density at radius 1 is 0.422 bits per heavy atom. The van der Waals surface area contributed by atoms with E-state index in [9.17, 15) is 34.2 Å². The molecule has 0 amide bonds. The Kier molecular flexibility index (Phi) is 28.0. The highest BCUT2D eigenvalue weighted by atomic mass is 16.6. The molecule has 0 radical (unpaired) electrons. The molecule has 658 valence electrons. The molecule has 0 aromatic heterocycles. The number of hydrogen-bond donors (Lipinski definition) is 2. The lowest BCUT2D eigenvalue weighted by Crippen LogP contribution is -2.42. The molecule has 0 aromatic carbocycles. The Bertz CT molecular complexity index is 3280. The van der Waals surface area contributed by atoms with Gasteiger partial charge in [0.15, 0.2) is 0 Å². The first-order valence-electron chi connectivity index (χ1n) is 51.2. The molecule has 0 aromatic rings. The minimum Gasteiger partial charge on any atom is -0.462 e. The summed E-state index contributed by atoms with van der Waals surface area (Å²) in [6, 6.07) is 0. The molecule has 18 rings (SSSR count). The molecule has 18 fully saturated rings.